The van der Waals surface area contributed by atoms with Crippen molar-refractivity contribution in [2.75, 3.05) is 26.3 Å². The maximum Gasteiger partial charge on any atom is 0.524 e. The van der Waals surface area contributed by atoms with Crippen LogP contribution in [-0.4, -0.2) is 92.2 Å². The number of nitrogens with one attached hydrogen (secondary N) is 1. The van der Waals surface area contributed by atoms with E-state index in [4.69, 9.17) is 18.7 Å². The molecule has 0 spiro atoms. The lowest BCUT2D eigenvalue weighted by atomic mass is 9.44. The van der Waals surface area contributed by atoms with Crippen LogP contribution in [0.15, 0.2) is 91.1 Å². The highest BCUT2D eigenvalue weighted by Gasteiger charge is 2.79. The van der Waals surface area contributed by atoms with Crippen LogP contribution in [0, 0.1) is 28.6 Å². The van der Waals surface area contributed by atoms with E-state index in [2.05, 4.69) is 29.6 Å². The number of rotatable bonds is 23. The Balaban J connectivity index is 0.832. The number of aromatic nitrogens is 2. The second-order valence-corrected chi connectivity index (χ2v) is 23.2. The quantitative estimate of drug-likeness (QED) is 0.0349. The van der Waals surface area contributed by atoms with Gasteiger partial charge in [0.05, 0.1) is 18.3 Å². The van der Waals surface area contributed by atoms with Crippen LogP contribution in [0.25, 0.3) is 0 Å². The Labute approximate surface area is 423 Å². The monoisotopic (exact) mass is 1020 g/mol. The molecule has 2 aromatic carbocycles. The third-order valence-electron chi connectivity index (χ3n) is 17.5. The van der Waals surface area contributed by atoms with Crippen LogP contribution in [0.4, 0.5) is 4.39 Å². The molecule has 16 heteroatoms. The third-order valence-corrected chi connectivity index (χ3v) is 18.0. The minimum atomic E-state index is -4.94. The molecule has 1 saturated heterocycles. The number of hydrogen-bond donors (Lipinski definition) is 5. The molecule has 14 nitrogen and oxygen atoms in total. The van der Waals surface area contributed by atoms with Crippen molar-refractivity contribution in [1.82, 2.24) is 9.88 Å². The Kier molecular flexibility index (Phi) is 16.3. The largest absolute Gasteiger partial charge is 0.524 e. The number of Topliss-reactive ketones (excluding diaryl/α,β-unsaturated/α-hetero) is 1. The molecule has 6 aliphatic rings. The Morgan fingerprint density at radius 1 is 1.00 bits per heavy atom. The number of phosphoric acid groups is 1. The molecule has 3 aromatic rings. The van der Waals surface area contributed by atoms with Crippen LogP contribution in [0.1, 0.15) is 133 Å². The van der Waals surface area contributed by atoms with Gasteiger partial charge in [-0.25, -0.2) is 18.1 Å². The number of halogens is 1. The van der Waals surface area contributed by atoms with Crippen LogP contribution >= 0.6 is 7.82 Å². The lowest BCUT2D eigenvalue weighted by molar-refractivity contribution is -0.687. The molecule has 9 rings (SSSR count). The maximum atomic E-state index is 18.1. The number of imidazole rings is 1. The number of aliphatic hydroxyl groups excluding tert-OH is 2. The van der Waals surface area contributed by atoms with E-state index in [0.717, 1.165) is 96.8 Å². The normalized spacial score (nSPS) is 31.6. The standard InChI is InChI=1S/C56H75FN3O11P/c1-53-25-24-44(61)32-43(53)21-22-45-46-33-51-56(54(46,2)34-49(63)55(45,53)57,70-52(69-51)40-18-9-6-10-19-40)50(64)37-60-28-27-59(38-60)36-42-31-41(20-23-48(42)71-72(65,66)67)47(62)35-58-26-12-3-4-13-29-68-30-14-11-17-39-15-7-5-8-16-39/h5,7-8,15-16,20,23-25,27-28,31-32,38,40,45-47,49,51-52,58,62-63H,3-4,6,9-14,17-19,21-22,26,29-30,33-37H2,1-2H3,(H-,65,66,67)/p+1/t45-,46-,47?,49-,51+,52+,53-,54-,55-,56+/m0/s1. The number of allylic oxidation sites excluding steroid dienone is 4. The number of ether oxygens (including phenoxy) is 3. The van der Waals surface area contributed by atoms with Crippen molar-refractivity contribution in [2.45, 2.75) is 166 Å². The summed E-state index contributed by atoms with van der Waals surface area (Å²) in [6, 6.07) is 15.2. The van der Waals surface area contributed by atoms with Gasteiger partial charge in [-0.3, -0.25) is 19.4 Å². The van der Waals surface area contributed by atoms with Crippen molar-refractivity contribution in [3.8, 4) is 5.75 Å². The number of carbonyl (C=O) groups is 2. The molecule has 4 saturated carbocycles. The number of ketones is 2. The van der Waals surface area contributed by atoms with Gasteiger partial charge in [0.15, 0.2) is 29.9 Å². The minimum Gasteiger partial charge on any atom is -0.404 e. The van der Waals surface area contributed by atoms with E-state index in [-0.39, 0.29) is 55.2 Å². The summed E-state index contributed by atoms with van der Waals surface area (Å²) in [5.74, 6) is -1.28. The zero-order valence-electron chi connectivity index (χ0n) is 42.0. The highest BCUT2D eigenvalue weighted by Crippen LogP contribution is 2.72. The Morgan fingerprint density at radius 2 is 1.76 bits per heavy atom. The van der Waals surface area contributed by atoms with Crippen molar-refractivity contribution in [2.24, 2.45) is 28.6 Å². The van der Waals surface area contributed by atoms with Crippen LogP contribution in [-0.2, 0) is 47.9 Å². The first-order valence-corrected chi connectivity index (χ1v) is 28.2. The molecule has 1 aliphatic heterocycles. The predicted molar refractivity (Wildman–Crippen MR) is 267 cm³/mol. The van der Waals surface area contributed by atoms with Gasteiger partial charge in [0.25, 0.3) is 0 Å². The molecule has 10 atom stereocenters. The van der Waals surface area contributed by atoms with E-state index in [0.29, 0.717) is 36.0 Å². The first kappa shape index (κ1) is 53.0. The number of benzene rings is 2. The molecule has 5 N–H and O–H groups in total. The molecule has 72 heavy (non-hydrogen) atoms. The summed E-state index contributed by atoms with van der Waals surface area (Å²) in [5.41, 5.74) is -2.66. The Bertz CT molecular complexity index is 2490. The molecule has 0 bridgehead atoms. The molecule has 392 valence electrons. The first-order valence-electron chi connectivity index (χ1n) is 26.6. The van der Waals surface area contributed by atoms with E-state index >= 15 is 9.18 Å². The van der Waals surface area contributed by atoms with Crippen LogP contribution in [0.3, 0.4) is 0 Å². The smallest absolute Gasteiger partial charge is 0.404 e. The molecule has 5 aliphatic carbocycles. The van der Waals surface area contributed by atoms with Crippen LogP contribution in [0.5, 0.6) is 5.75 Å². The van der Waals surface area contributed by atoms with Crippen molar-refractivity contribution in [3.63, 3.8) is 0 Å². The number of carbonyl (C=O) groups excluding carboxylic acids is 2. The summed E-state index contributed by atoms with van der Waals surface area (Å²) in [6.07, 6.45) is 19.9. The molecule has 1 unspecified atom stereocenters. The number of unbranched alkanes of at least 4 members (excludes halogenated alkanes) is 4. The fraction of sp³-hybridized carbons (Fsp3) is 0.625. The summed E-state index contributed by atoms with van der Waals surface area (Å²) >= 11 is 0. The zero-order valence-corrected chi connectivity index (χ0v) is 42.9. The van der Waals surface area contributed by atoms with Gasteiger partial charge in [0.2, 0.25) is 12.1 Å². The highest BCUT2D eigenvalue weighted by molar-refractivity contribution is 7.46. The topological polar surface area (TPSA) is 190 Å². The lowest BCUT2D eigenvalue weighted by Crippen LogP contribution is -2.69. The first-order chi connectivity index (χ1) is 34.5. The number of fused-ring (bicyclic) bond motifs is 7. The van der Waals surface area contributed by atoms with E-state index < -0.39 is 60.4 Å². The number of hydrogen-bond acceptors (Lipinski definition) is 10. The second kappa shape index (κ2) is 22.1. The zero-order chi connectivity index (χ0) is 50.7. The van der Waals surface area contributed by atoms with Crippen molar-refractivity contribution in [3.05, 3.63) is 108 Å². The molecular weight excluding hydrogens is 941 g/mol. The number of nitrogens with zero attached hydrogens (tertiary/aromatic N) is 2. The predicted octanol–water partition coefficient (Wildman–Crippen LogP) is 8.13. The van der Waals surface area contributed by atoms with E-state index in [1.165, 1.54) is 23.8 Å². The number of aliphatic hydroxyl groups is 2. The molecule has 0 radical (unpaired) electrons. The fourth-order valence-corrected chi connectivity index (χ4v) is 14.2. The van der Waals surface area contributed by atoms with E-state index in [1.54, 1.807) is 53.0 Å². The summed E-state index contributed by atoms with van der Waals surface area (Å²) in [5, 5.41) is 26.7. The van der Waals surface area contributed by atoms with Gasteiger partial charge >= 0.3 is 7.82 Å². The average Bonchev–Trinajstić information content (AvgIpc) is 4.04. The Morgan fingerprint density at radius 3 is 2.54 bits per heavy atom. The molecule has 1 aromatic heterocycles. The van der Waals surface area contributed by atoms with Crippen molar-refractivity contribution >= 4 is 19.4 Å². The van der Waals surface area contributed by atoms with Gasteiger partial charge in [0.1, 0.15) is 24.7 Å². The Hall–Kier alpha value is -3.89. The molecule has 0 amide bonds. The van der Waals surface area contributed by atoms with Gasteiger partial charge in [-0.1, -0.05) is 87.1 Å². The van der Waals surface area contributed by atoms with Gasteiger partial charge in [0, 0.05) is 48.0 Å². The van der Waals surface area contributed by atoms with Gasteiger partial charge in [-0.05, 0) is 125 Å². The third kappa shape index (κ3) is 10.7. The van der Waals surface area contributed by atoms with Crippen molar-refractivity contribution < 1.29 is 61.8 Å². The lowest BCUT2D eigenvalue weighted by Gasteiger charge is -2.62. The van der Waals surface area contributed by atoms with Gasteiger partial charge in [-0.15, -0.1) is 0 Å². The number of aryl methyl sites for hydroxylation is 1. The summed E-state index contributed by atoms with van der Waals surface area (Å²) in [7, 11) is -4.94. The highest BCUT2D eigenvalue weighted by atomic mass is 31.2. The molecule has 5 fully saturated rings. The van der Waals surface area contributed by atoms with E-state index in [9.17, 15) is 29.4 Å². The molecular formula is C56H76FN3O11P+. The average molecular weight is 1020 g/mol. The SMILES string of the molecule is C[C@]12C=CC(=O)C=C1CC[C@H]1[C@@H]3C[C@H]4O[C@@H](C5CCCCC5)O[C@@]4(C(=O)Cn4cc[n+](Cc5cc(C(O)CNCCCCCCOCCCCc6ccccc6)ccc5OP(=O)(O)O)c4)[C@@]3(C)C[C@H](O)[C@@]12F. The summed E-state index contributed by atoms with van der Waals surface area (Å²) < 4.78 is 58.6. The second-order valence-electron chi connectivity index (χ2n) is 22.1. The van der Waals surface area contributed by atoms with Crippen LogP contribution in [0.2, 0.25) is 0 Å². The van der Waals surface area contributed by atoms with Crippen LogP contribution < -0.4 is 14.4 Å². The molecule has 2 heterocycles. The summed E-state index contributed by atoms with van der Waals surface area (Å²) in [4.78, 5) is 47.4. The van der Waals surface area contributed by atoms with Gasteiger partial charge in [-0.2, -0.15) is 0 Å². The summed E-state index contributed by atoms with van der Waals surface area (Å²) in [6.45, 7) is 6.32. The number of alkyl halides is 1. The fourth-order valence-electron chi connectivity index (χ4n) is 13.8. The number of phosphoric ester groups is 1. The van der Waals surface area contributed by atoms with Crippen molar-refractivity contribution in [1.29, 1.82) is 0 Å². The van der Waals surface area contributed by atoms with Gasteiger partial charge < -0.3 is 34.3 Å². The minimum absolute atomic E-state index is 0.0173. The van der Waals surface area contributed by atoms with E-state index in [1.807, 2.05) is 13.0 Å². The maximum absolute atomic E-state index is 18.1.